The highest BCUT2D eigenvalue weighted by atomic mass is 32.2. The van der Waals surface area contributed by atoms with E-state index in [0.717, 1.165) is 11.4 Å². The minimum absolute atomic E-state index is 0.155. The third-order valence-electron chi connectivity index (χ3n) is 2.99. The number of nitrogens with one attached hydrogen (secondary N) is 3. The van der Waals surface area contributed by atoms with Gasteiger partial charge in [0.2, 0.25) is 0 Å². The number of hydrogen-bond donors (Lipinski definition) is 3. The molecule has 2 rings (SSSR count). The van der Waals surface area contributed by atoms with Gasteiger partial charge in [-0.3, -0.25) is 5.43 Å². The van der Waals surface area contributed by atoms with E-state index in [1.54, 1.807) is 18.2 Å². The molecule has 0 amide bonds. The molecule has 0 saturated carbocycles. The van der Waals surface area contributed by atoms with E-state index < -0.39 is 10.0 Å². The van der Waals surface area contributed by atoms with Crippen LogP contribution in [0.1, 0.15) is 0 Å². The van der Waals surface area contributed by atoms with Crippen LogP contribution in [0.4, 0.5) is 11.4 Å². The molecule has 0 aliphatic carbocycles. The molecule has 0 radical (unpaired) electrons. The van der Waals surface area contributed by atoms with E-state index in [1.807, 2.05) is 43.3 Å². The summed E-state index contributed by atoms with van der Waals surface area (Å²) in [7, 11) is 0.242. The van der Waals surface area contributed by atoms with Crippen LogP contribution < -0.4 is 20.5 Å². The molecule has 0 fully saturated rings. The predicted molar refractivity (Wildman–Crippen MR) is 96.9 cm³/mol. The Balaban J connectivity index is 1.92. The Morgan fingerprint density at radius 1 is 1.00 bits per heavy atom. The second kappa shape index (κ2) is 7.40. The molecule has 0 atom stereocenters. The molecule has 0 bridgehead atoms. The molecule has 0 heterocycles. The molecule has 0 saturated heterocycles. The lowest BCUT2D eigenvalue weighted by Gasteiger charge is -2.14. The lowest BCUT2D eigenvalue weighted by Crippen LogP contribution is -2.43. The van der Waals surface area contributed by atoms with Gasteiger partial charge in [0.05, 0.1) is 4.90 Å². The summed E-state index contributed by atoms with van der Waals surface area (Å²) in [6.07, 6.45) is 0. The topological polar surface area (TPSA) is 73.5 Å². The monoisotopic (exact) mass is 350 g/mol. The summed E-state index contributed by atoms with van der Waals surface area (Å²) in [5, 5.41) is 3.06. The summed E-state index contributed by atoms with van der Waals surface area (Å²) in [5.41, 5.74) is 4.29. The van der Waals surface area contributed by atoms with Crippen LogP contribution in [0.15, 0.2) is 59.5 Å². The van der Waals surface area contributed by atoms with Gasteiger partial charge in [-0.15, -0.1) is 4.83 Å². The van der Waals surface area contributed by atoms with Gasteiger partial charge in [0, 0.05) is 25.5 Å². The zero-order valence-electron chi connectivity index (χ0n) is 12.8. The van der Waals surface area contributed by atoms with Gasteiger partial charge in [-0.25, -0.2) is 8.42 Å². The summed E-state index contributed by atoms with van der Waals surface area (Å²) in [5.74, 6) is 0. The molecule has 0 aromatic heterocycles. The average Bonchev–Trinajstić information content (AvgIpc) is 2.54. The largest absolute Gasteiger partial charge is 0.378 e. The lowest BCUT2D eigenvalue weighted by atomic mass is 10.2. The molecule has 6 nitrogen and oxygen atoms in total. The van der Waals surface area contributed by atoms with Crippen molar-refractivity contribution < 1.29 is 8.42 Å². The first kappa shape index (κ1) is 17.2. The molecular formula is C15H18N4O2S2. The van der Waals surface area contributed by atoms with E-state index >= 15 is 0 Å². The highest BCUT2D eigenvalue weighted by Crippen LogP contribution is 2.15. The van der Waals surface area contributed by atoms with Crippen LogP contribution in [0.2, 0.25) is 0 Å². The van der Waals surface area contributed by atoms with Crippen molar-refractivity contribution in [2.45, 2.75) is 4.90 Å². The smallest absolute Gasteiger partial charge is 0.257 e. The molecule has 0 aliphatic heterocycles. The van der Waals surface area contributed by atoms with E-state index in [1.165, 1.54) is 12.1 Å². The Kier molecular flexibility index (Phi) is 5.54. The lowest BCUT2D eigenvalue weighted by molar-refractivity contribution is 0.578. The molecule has 8 heteroatoms. The number of benzene rings is 2. The number of thiocarbonyl (C=S) groups is 1. The fourth-order valence-corrected chi connectivity index (χ4v) is 2.88. The quantitative estimate of drug-likeness (QED) is 0.565. The van der Waals surface area contributed by atoms with Gasteiger partial charge in [0.25, 0.3) is 10.0 Å². The average molecular weight is 350 g/mol. The fourth-order valence-electron chi connectivity index (χ4n) is 1.78. The first-order chi connectivity index (χ1) is 10.9. The van der Waals surface area contributed by atoms with Crippen LogP contribution in [0, 0.1) is 0 Å². The molecule has 0 aliphatic rings. The number of hydrogen-bond acceptors (Lipinski definition) is 4. The van der Waals surface area contributed by atoms with Gasteiger partial charge >= 0.3 is 0 Å². The van der Waals surface area contributed by atoms with Crippen molar-refractivity contribution in [3.63, 3.8) is 0 Å². The van der Waals surface area contributed by atoms with Crippen molar-refractivity contribution in [1.29, 1.82) is 0 Å². The Morgan fingerprint density at radius 3 is 2.17 bits per heavy atom. The minimum atomic E-state index is -3.66. The maximum Gasteiger partial charge on any atom is 0.257 e. The number of rotatable bonds is 5. The predicted octanol–water partition coefficient (Wildman–Crippen LogP) is 1.93. The molecule has 3 N–H and O–H groups in total. The number of sulfonamides is 1. The zero-order chi connectivity index (χ0) is 16.9. The van der Waals surface area contributed by atoms with Gasteiger partial charge in [-0.1, -0.05) is 18.2 Å². The van der Waals surface area contributed by atoms with Crippen LogP contribution in [0.5, 0.6) is 0 Å². The van der Waals surface area contributed by atoms with Crippen LogP contribution in [0.3, 0.4) is 0 Å². The second-order valence-electron chi connectivity index (χ2n) is 4.94. The molecule has 2 aromatic carbocycles. The summed E-state index contributed by atoms with van der Waals surface area (Å²) in [4.78, 5) is 4.37. The zero-order valence-corrected chi connectivity index (χ0v) is 14.4. The van der Waals surface area contributed by atoms with Gasteiger partial charge in [0.15, 0.2) is 5.11 Å². The minimum Gasteiger partial charge on any atom is -0.378 e. The molecule has 122 valence electrons. The Morgan fingerprint density at radius 2 is 1.61 bits per heavy atom. The standard InChI is InChI=1S/C15H18N4O2S2/c1-19(2)13-10-8-12(9-11-13)16-15(22)17-18-23(20,21)14-6-4-3-5-7-14/h3-11,18H,1-2H3,(H2,16,17,22). The third-order valence-corrected chi connectivity index (χ3v) is 4.46. The molecule has 23 heavy (non-hydrogen) atoms. The van der Waals surface area contributed by atoms with Gasteiger partial charge in [-0.05, 0) is 48.6 Å². The Labute approximate surface area is 141 Å². The summed E-state index contributed by atoms with van der Waals surface area (Å²) < 4.78 is 24.1. The summed E-state index contributed by atoms with van der Waals surface area (Å²) in [6.45, 7) is 0. The second-order valence-corrected chi connectivity index (χ2v) is 7.03. The molecule has 0 spiro atoms. The maximum absolute atomic E-state index is 12.0. The number of hydrazine groups is 1. The first-order valence-electron chi connectivity index (χ1n) is 6.80. The highest BCUT2D eigenvalue weighted by molar-refractivity contribution is 7.89. The molecule has 2 aromatic rings. The van der Waals surface area contributed by atoms with Crippen molar-refractivity contribution >= 4 is 38.7 Å². The van der Waals surface area contributed by atoms with Crippen molar-refractivity contribution in [2.24, 2.45) is 0 Å². The van der Waals surface area contributed by atoms with Gasteiger partial charge in [0.1, 0.15) is 0 Å². The Bertz CT molecular complexity index is 760. The maximum atomic E-state index is 12.0. The fraction of sp³-hybridized carbons (Fsp3) is 0.133. The summed E-state index contributed by atoms with van der Waals surface area (Å²) in [6, 6.07) is 15.6. The Hall–Kier alpha value is -2.16. The van der Waals surface area contributed by atoms with Gasteiger partial charge < -0.3 is 10.2 Å². The molecule has 0 unspecified atom stereocenters. The molecular weight excluding hydrogens is 332 g/mol. The van der Waals surface area contributed by atoms with Crippen LogP contribution >= 0.6 is 12.2 Å². The van der Waals surface area contributed by atoms with Gasteiger partial charge in [-0.2, -0.15) is 0 Å². The normalized spacial score (nSPS) is 10.9. The third kappa shape index (κ3) is 4.92. The van der Waals surface area contributed by atoms with Crippen molar-refractivity contribution in [2.75, 3.05) is 24.3 Å². The van der Waals surface area contributed by atoms with Crippen LogP contribution in [-0.2, 0) is 10.0 Å². The SMILES string of the molecule is CN(C)c1ccc(NC(=S)NNS(=O)(=O)c2ccccc2)cc1. The number of nitrogens with zero attached hydrogens (tertiary/aromatic N) is 1. The van der Waals surface area contributed by atoms with E-state index in [-0.39, 0.29) is 10.0 Å². The van der Waals surface area contributed by atoms with Crippen LogP contribution in [0.25, 0.3) is 0 Å². The first-order valence-corrected chi connectivity index (χ1v) is 8.69. The summed E-state index contributed by atoms with van der Waals surface area (Å²) >= 11 is 5.08. The van der Waals surface area contributed by atoms with E-state index in [9.17, 15) is 8.42 Å². The number of anilines is 2. The highest BCUT2D eigenvalue weighted by Gasteiger charge is 2.13. The van der Waals surface area contributed by atoms with Crippen molar-refractivity contribution in [3.8, 4) is 0 Å². The van der Waals surface area contributed by atoms with E-state index in [0.29, 0.717) is 0 Å². The van der Waals surface area contributed by atoms with Crippen molar-refractivity contribution in [3.05, 3.63) is 54.6 Å². The van der Waals surface area contributed by atoms with E-state index in [2.05, 4.69) is 15.6 Å². The van der Waals surface area contributed by atoms with Crippen LogP contribution in [-0.4, -0.2) is 27.6 Å². The van der Waals surface area contributed by atoms with Crippen molar-refractivity contribution in [1.82, 2.24) is 10.3 Å². The van der Waals surface area contributed by atoms with E-state index in [4.69, 9.17) is 12.2 Å².